The highest BCUT2D eigenvalue weighted by Gasteiger charge is 2.19. The van der Waals surface area contributed by atoms with Gasteiger partial charge >= 0.3 is 5.97 Å². The summed E-state index contributed by atoms with van der Waals surface area (Å²) < 4.78 is 0. The quantitative estimate of drug-likeness (QED) is 0.437. The Morgan fingerprint density at radius 3 is 2.54 bits per heavy atom. The summed E-state index contributed by atoms with van der Waals surface area (Å²) in [7, 11) is 0. The molecule has 0 saturated heterocycles. The van der Waals surface area contributed by atoms with Crippen LogP contribution in [0.4, 0.5) is 0 Å². The molecule has 0 amide bonds. The lowest BCUT2D eigenvalue weighted by molar-refractivity contribution is -0.138. The monoisotopic (exact) mass is 205 g/mol. The van der Waals surface area contributed by atoms with Crippen molar-refractivity contribution in [2.75, 3.05) is 0 Å². The normalized spacial score (nSPS) is 15.3. The molecule has 0 spiro atoms. The van der Waals surface area contributed by atoms with E-state index >= 15 is 0 Å². The third kappa shape index (κ3) is 5.93. The number of unbranched alkanes of at least 4 members (excludes halogenated alkanes) is 3. The van der Waals surface area contributed by atoms with E-state index in [1.54, 1.807) is 0 Å². The van der Waals surface area contributed by atoms with Crippen molar-refractivity contribution in [1.29, 1.82) is 0 Å². The second-order valence-electron chi connectivity index (χ2n) is 3.28. The van der Waals surface area contributed by atoms with Crippen LogP contribution >= 0.6 is 12.6 Å². The number of thiol groups is 1. The highest BCUT2D eigenvalue weighted by Crippen LogP contribution is 2.12. The number of aliphatic carboxylic acids is 1. The van der Waals surface area contributed by atoms with E-state index in [-0.39, 0.29) is 5.25 Å². The molecule has 0 saturated carbocycles. The Hall–Kier alpha value is -0.220. The van der Waals surface area contributed by atoms with Crippen LogP contribution in [0.25, 0.3) is 0 Å². The predicted molar refractivity (Wildman–Crippen MR) is 57.1 cm³/mol. The number of carbonyl (C=O) groups is 1. The summed E-state index contributed by atoms with van der Waals surface area (Å²) in [6.07, 6.45) is 5.32. The number of nitrogens with two attached hydrogens (primary N) is 1. The fraction of sp³-hybridized carbons (Fsp3) is 0.889. The first-order chi connectivity index (χ1) is 6.09. The molecule has 3 nitrogen and oxygen atoms in total. The minimum absolute atomic E-state index is 0.214. The van der Waals surface area contributed by atoms with E-state index in [4.69, 9.17) is 10.8 Å². The van der Waals surface area contributed by atoms with Crippen LogP contribution in [0.15, 0.2) is 0 Å². The second-order valence-corrected chi connectivity index (χ2v) is 3.94. The van der Waals surface area contributed by atoms with E-state index in [1.165, 1.54) is 12.8 Å². The highest BCUT2D eigenvalue weighted by molar-refractivity contribution is 7.81. The molecule has 0 fully saturated rings. The van der Waals surface area contributed by atoms with Crippen molar-refractivity contribution in [2.45, 2.75) is 50.3 Å². The SMILES string of the molecule is CCCCCC[C@H](S)[C@@H](N)C(=O)O. The molecule has 0 aromatic carbocycles. The maximum atomic E-state index is 10.5. The van der Waals surface area contributed by atoms with Crippen molar-refractivity contribution in [3.05, 3.63) is 0 Å². The van der Waals surface area contributed by atoms with Gasteiger partial charge in [-0.05, 0) is 6.42 Å². The molecule has 0 aliphatic rings. The summed E-state index contributed by atoms with van der Waals surface area (Å²) in [5, 5.41) is 8.37. The molecule has 0 heterocycles. The van der Waals surface area contributed by atoms with Crippen LogP contribution in [-0.2, 0) is 4.79 Å². The Morgan fingerprint density at radius 1 is 1.46 bits per heavy atom. The van der Waals surface area contributed by atoms with Gasteiger partial charge in [0.25, 0.3) is 0 Å². The lowest BCUT2D eigenvalue weighted by Crippen LogP contribution is -2.38. The van der Waals surface area contributed by atoms with Crippen molar-refractivity contribution in [3.63, 3.8) is 0 Å². The largest absolute Gasteiger partial charge is 0.480 e. The third-order valence-electron chi connectivity index (χ3n) is 2.05. The Bertz CT molecular complexity index is 153. The lowest BCUT2D eigenvalue weighted by Gasteiger charge is -2.14. The Balaban J connectivity index is 3.50. The minimum Gasteiger partial charge on any atom is -0.480 e. The van der Waals surface area contributed by atoms with Crippen LogP contribution < -0.4 is 5.73 Å². The van der Waals surface area contributed by atoms with Gasteiger partial charge in [0.2, 0.25) is 0 Å². The van der Waals surface area contributed by atoms with Crippen molar-refractivity contribution >= 4 is 18.6 Å². The Morgan fingerprint density at radius 2 is 2.08 bits per heavy atom. The van der Waals surface area contributed by atoms with Crippen LogP contribution in [0.5, 0.6) is 0 Å². The zero-order valence-corrected chi connectivity index (χ0v) is 8.96. The summed E-state index contributed by atoms with van der Waals surface area (Å²) in [5.74, 6) is -0.963. The van der Waals surface area contributed by atoms with Gasteiger partial charge < -0.3 is 10.8 Å². The molecular formula is C9H19NO2S. The molecule has 0 aliphatic heterocycles. The van der Waals surface area contributed by atoms with E-state index in [9.17, 15) is 4.79 Å². The van der Waals surface area contributed by atoms with Crippen LogP contribution in [0.3, 0.4) is 0 Å². The van der Waals surface area contributed by atoms with Crippen LogP contribution in [-0.4, -0.2) is 22.4 Å². The molecule has 4 heteroatoms. The number of carboxylic acid groups (broad SMARTS) is 1. The van der Waals surface area contributed by atoms with Gasteiger partial charge in [0.15, 0.2) is 0 Å². The van der Waals surface area contributed by atoms with Gasteiger partial charge in [0.05, 0.1) is 0 Å². The average Bonchev–Trinajstić information content (AvgIpc) is 2.10. The van der Waals surface area contributed by atoms with Crippen LogP contribution in [0.2, 0.25) is 0 Å². The average molecular weight is 205 g/mol. The van der Waals surface area contributed by atoms with Crippen molar-refractivity contribution < 1.29 is 9.90 Å². The van der Waals surface area contributed by atoms with Crippen molar-refractivity contribution in [3.8, 4) is 0 Å². The highest BCUT2D eigenvalue weighted by atomic mass is 32.1. The van der Waals surface area contributed by atoms with Gasteiger partial charge in [-0.15, -0.1) is 0 Å². The van der Waals surface area contributed by atoms with Crippen molar-refractivity contribution in [2.24, 2.45) is 5.73 Å². The van der Waals surface area contributed by atoms with Gasteiger partial charge in [0, 0.05) is 5.25 Å². The minimum atomic E-state index is -0.963. The molecule has 13 heavy (non-hydrogen) atoms. The molecule has 0 bridgehead atoms. The fourth-order valence-electron chi connectivity index (χ4n) is 1.12. The zero-order chi connectivity index (χ0) is 10.3. The summed E-state index contributed by atoms with van der Waals surface area (Å²) in [4.78, 5) is 10.5. The summed E-state index contributed by atoms with van der Waals surface area (Å²) >= 11 is 4.16. The molecule has 3 N–H and O–H groups in total. The standard InChI is InChI=1S/C9H19NO2S/c1-2-3-4-5-6-7(13)8(10)9(11)12/h7-8,13H,2-6,10H2,1H3,(H,11,12)/t7-,8+/m0/s1. The molecule has 78 valence electrons. The van der Waals surface area contributed by atoms with Crippen LogP contribution in [0, 0.1) is 0 Å². The Kier molecular flexibility index (Phi) is 7.09. The van der Waals surface area contributed by atoms with Gasteiger partial charge in [-0.3, -0.25) is 4.79 Å². The Labute approximate surface area is 85.1 Å². The summed E-state index contributed by atoms with van der Waals surface area (Å²) in [6, 6.07) is -0.829. The smallest absolute Gasteiger partial charge is 0.321 e. The van der Waals surface area contributed by atoms with Gasteiger partial charge in [-0.1, -0.05) is 32.6 Å². The number of hydrogen-bond acceptors (Lipinski definition) is 3. The summed E-state index contributed by atoms with van der Waals surface area (Å²) in [5.41, 5.74) is 5.40. The van der Waals surface area contributed by atoms with E-state index in [0.717, 1.165) is 19.3 Å². The van der Waals surface area contributed by atoms with Gasteiger partial charge in [-0.25, -0.2) is 0 Å². The second kappa shape index (κ2) is 7.21. The summed E-state index contributed by atoms with van der Waals surface area (Å²) in [6.45, 7) is 2.14. The molecule has 0 unspecified atom stereocenters. The predicted octanol–water partition coefficient (Wildman–Crippen LogP) is 1.67. The topological polar surface area (TPSA) is 63.3 Å². The van der Waals surface area contributed by atoms with E-state index in [2.05, 4.69) is 19.6 Å². The first kappa shape index (κ1) is 12.8. The molecule has 0 rings (SSSR count). The third-order valence-corrected chi connectivity index (χ3v) is 2.63. The fourth-order valence-corrected chi connectivity index (χ4v) is 1.43. The van der Waals surface area contributed by atoms with E-state index in [0.29, 0.717) is 0 Å². The maximum absolute atomic E-state index is 10.5. The number of rotatable bonds is 7. The van der Waals surface area contributed by atoms with Gasteiger partial charge in [0.1, 0.15) is 6.04 Å². The molecule has 0 aromatic rings. The van der Waals surface area contributed by atoms with E-state index < -0.39 is 12.0 Å². The molecule has 2 atom stereocenters. The van der Waals surface area contributed by atoms with E-state index in [1.807, 2.05) is 0 Å². The first-order valence-corrected chi connectivity index (χ1v) is 5.27. The number of carboxylic acids is 1. The van der Waals surface area contributed by atoms with Crippen molar-refractivity contribution in [1.82, 2.24) is 0 Å². The first-order valence-electron chi connectivity index (χ1n) is 4.76. The zero-order valence-electron chi connectivity index (χ0n) is 8.07. The molecule has 0 aromatic heterocycles. The lowest BCUT2D eigenvalue weighted by atomic mass is 10.1. The van der Waals surface area contributed by atoms with Gasteiger partial charge in [-0.2, -0.15) is 12.6 Å². The van der Waals surface area contributed by atoms with Crippen LogP contribution in [0.1, 0.15) is 39.0 Å². The number of hydrogen-bond donors (Lipinski definition) is 3. The molecular weight excluding hydrogens is 186 g/mol. The molecule has 0 aliphatic carbocycles. The maximum Gasteiger partial charge on any atom is 0.321 e. The molecule has 0 radical (unpaired) electrons.